The second-order valence-corrected chi connectivity index (χ2v) is 12.0. The Hall–Kier alpha value is -3.88. The van der Waals surface area contributed by atoms with Gasteiger partial charge in [-0.05, 0) is 67.9 Å². The first-order valence-corrected chi connectivity index (χ1v) is 17.1. The van der Waals surface area contributed by atoms with Gasteiger partial charge in [0.05, 0.1) is 43.0 Å². The lowest BCUT2D eigenvalue weighted by Gasteiger charge is -2.19. The molecule has 0 bridgehead atoms. The average molecular weight is 646 g/mol. The van der Waals surface area contributed by atoms with Crippen LogP contribution in [0.5, 0.6) is 17.2 Å². The molecule has 2 heterocycles. The number of hydrogen-bond donors (Lipinski definition) is 1. The molecule has 8 nitrogen and oxygen atoms in total. The largest absolute Gasteiger partial charge is 0.493 e. The minimum atomic E-state index is 0.560. The predicted molar refractivity (Wildman–Crippen MR) is 188 cm³/mol. The van der Waals surface area contributed by atoms with Crippen molar-refractivity contribution >= 4 is 22.6 Å². The first kappa shape index (κ1) is 33.5. The van der Waals surface area contributed by atoms with Gasteiger partial charge in [0.1, 0.15) is 29.7 Å². The highest BCUT2D eigenvalue weighted by molar-refractivity contribution is 6.30. The Kier molecular flexibility index (Phi) is 12.5. The Morgan fingerprint density at radius 3 is 2.39 bits per heavy atom. The first-order chi connectivity index (χ1) is 22.6. The second-order valence-electron chi connectivity index (χ2n) is 11.5. The fraction of sp³-hybridized carbons (Fsp3) is 0.432. The van der Waals surface area contributed by atoms with Crippen LogP contribution in [-0.2, 0) is 13.0 Å². The molecule has 0 radical (unpaired) electrons. The molecule has 9 heteroatoms. The van der Waals surface area contributed by atoms with Crippen LogP contribution in [0.4, 0.5) is 0 Å². The number of hydrogen-bond acceptors (Lipinski definition) is 7. The van der Waals surface area contributed by atoms with Crippen LogP contribution in [0.25, 0.3) is 22.4 Å². The van der Waals surface area contributed by atoms with E-state index in [0.29, 0.717) is 19.8 Å². The molecule has 246 valence electrons. The quantitative estimate of drug-likeness (QED) is 0.105. The lowest BCUT2D eigenvalue weighted by molar-refractivity contribution is 0.248. The van der Waals surface area contributed by atoms with Crippen LogP contribution >= 0.6 is 11.6 Å². The van der Waals surface area contributed by atoms with Crippen molar-refractivity contribution < 1.29 is 14.2 Å². The fourth-order valence-corrected chi connectivity index (χ4v) is 5.73. The summed E-state index contributed by atoms with van der Waals surface area (Å²) in [7, 11) is 0. The third kappa shape index (κ3) is 9.10. The summed E-state index contributed by atoms with van der Waals surface area (Å²) < 4.78 is 21.2. The Labute approximate surface area is 278 Å². The maximum atomic E-state index is 6.52. The molecule has 46 heavy (non-hydrogen) atoms. The molecule has 0 fully saturated rings. The number of fused-ring (bicyclic) bond motifs is 1. The highest BCUT2D eigenvalue weighted by atomic mass is 35.5. The van der Waals surface area contributed by atoms with E-state index in [1.165, 1.54) is 5.56 Å². The van der Waals surface area contributed by atoms with Crippen molar-refractivity contribution in [1.29, 1.82) is 0 Å². The van der Waals surface area contributed by atoms with Gasteiger partial charge in [-0.2, -0.15) is 0 Å². The monoisotopic (exact) mass is 645 g/mol. The summed E-state index contributed by atoms with van der Waals surface area (Å²) in [5.41, 5.74) is 4.17. The molecule has 1 aliphatic heterocycles. The Morgan fingerprint density at radius 2 is 1.63 bits per heavy atom. The van der Waals surface area contributed by atoms with Crippen LogP contribution in [0.2, 0.25) is 5.02 Å². The minimum absolute atomic E-state index is 0.560. The lowest BCUT2D eigenvalue weighted by atomic mass is 10.1. The standard InChI is InChI=1S/C37H48ClN5O3/c1-4-7-20-43-35-26-31(45-25-22-42-21-18-39-28-42)14-16-34(35)40-37(43)33-15-13-32(44-24-17-29-9-11-30(38)12-10-29)27-36(33)46-23-8-19-41(5-2)6-3/h9-16,18,21,26-27,39H,4-8,17,19-20,22-25,28H2,1-3H3. The number of benzene rings is 3. The number of rotatable bonds is 19. The molecule has 5 rings (SSSR count). The Bertz CT molecular complexity index is 1550. The highest BCUT2D eigenvalue weighted by Gasteiger charge is 2.19. The van der Waals surface area contributed by atoms with Gasteiger partial charge < -0.3 is 33.9 Å². The second kappa shape index (κ2) is 17.2. The van der Waals surface area contributed by atoms with E-state index < -0.39 is 0 Å². The Balaban J connectivity index is 1.38. The van der Waals surface area contributed by atoms with Gasteiger partial charge in [-0.3, -0.25) is 0 Å². The normalized spacial score (nSPS) is 12.7. The van der Waals surface area contributed by atoms with E-state index in [1.54, 1.807) is 0 Å². The van der Waals surface area contributed by atoms with E-state index in [4.69, 9.17) is 30.8 Å². The average Bonchev–Trinajstić information content (AvgIpc) is 3.73. The summed E-state index contributed by atoms with van der Waals surface area (Å²) in [4.78, 5) is 9.76. The molecule has 0 spiro atoms. The zero-order chi connectivity index (χ0) is 32.1. The first-order valence-electron chi connectivity index (χ1n) is 16.7. The van der Waals surface area contributed by atoms with Gasteiger partial charge in [0.15, 0.2) is 0 Å². The zero-order valence-electron chi connectivity index (χ0n) is 27.5. The summed E-state index contributed by atoms with van der Waals surface area (Å²) in [6.07, 6.45) is 7.88. The van der Waals surface area contributed by atoms with Crippen LogP contribution in [0.1, 0.15) is 45.6 Å². The van der Waals surface area contributed by atoms with E-state index in [2.05, 4.69) is 64.9 Å². The third-order valence-electron chi connectivity index (χ3n) is 8.34. The van der Waals surface area contributed by atoms with Gasteiger partial charge in [0, 0.05) is 49.1 Å². The number of nitrogens with zero attached hydrogens (tertiary/aromatic N) is 4. The molecule has 0 atom stereocenters. The van der Waals surface area contributed by atoms with E-state index in [-0.39, 0.29) is 0 Å². The van der Waals surface area contributed by atoms with E-state index in [1.807, 2.05) is 48.7 Å². The molecule has 0 saturated carbocycles. The summed E-state index contributed by atoms with van der Waals surface area (Å²) in [6, 6.07) is 20.3. The van der Waals surface area contributed by atoms with E-state index in [0.717, 1.165) is 110 Å². The molecule has 3 aromatic carbocycles. The fourth-order valence-electron chi connectivity index (χ4n) is 5.60. The van der Waals surface area contributed by atoms with Crippen molar-refractivity contribution in [2.45, 2.75) is 53.0 Å². The molecule has 0 saturated heterocycles. The summed E-state index contributed by atoms with van der Waals surface area (Å²) in [5, 5.41) is 3.94. The summed E-state index contributed by atoms with van der Waals surface area (Å²) >= 11 is 6.06. The number of aromatic nitrogens is 2. The van der Waals surface area contributed by atoms with Crippen molar-refractivity contribution in [3.05, 3.63) is 83.6 Å². The van der Waals surface area contributed by atoms with Gasteiger partial charge in [0.2, 0.25) is 0 Å². The number of halogens is 1. The molecule has 1 aliphatic rings. The van der Waals surface area contributed by atoms with Crippen molar-refractivity contribution in [3.63, 3.8) is 0 Å². The van der Waals surface area contributed by atoms with Crippen LogP contribution in [0, 0.1) is 0 Å². The van der Waals surface area contributed by atoms with Crippen molar-refractivity contribution in [1.82, 2.24) is 24.7 Å². The minimum Gasteiger partial charge on any atom is -0.493 e. The van der Waals surface area contributed by atoms with Gasteiger partial charge in [-0.1, -0.05) is 50.9 Å². The lowest BCUT2D eigenvalue weighted by Crippen LogP contribution is -2.25. The smallest absolute Gasteiger partial charge is 0.144 e. The van der Waals surface area contributed by atoms with Gasteiger partial charge >= 0.3 is 0 Å². The third-order valence-corrected chi connectivity index (χ3v) is 8.59. The molecule has 4 aromatic rings. The summed E-state index contributed by atoms with van der Waals surface area (Å²) in [6.45, 7) is 14.0. The topological polar surface area (TPSA) is 64.0 Å². The zero-order valence-corrected chi connectivity index (χ0v) is 28.3. The van der Waals surface area contributed by atoms with E-state index >= 15 is 0 Å². The number of unbranched alkanes of at least 4 members (excludes halogenated alkanes) is 1. The van der Waals surface area contributed by atoms with Crippen LogP contribution < -0.4 is 19.5 Å². The maximum absolute atomic E-state index is 6.52. The van der Waals surface area contributed by atoms with E-state index in [9.17, 15) is 0 Å². The molecular formula is C37H48ClN5O3. The molecule has 1 aromatic heterocycles. The van der Waals surface area contributed by atoms with Crippen molar-refractivity contribution in [2.24, 2.45) is 0 Å². The number of nitrogens with one attached hydrogen (secondary N) is 1. The predicted octanol–water partition coefficient (Wildman–Crippen LogP) is 7.60. The Morgan fingerprint density at radius 1 is 0.848 bits per heavy atom. The summed E-state index contributed by atoms with van der Waals surface area (Å²) in [5.74, 6) is 3.33. The number of ether oxygens (including phenoxy) is 3. The SMILES string of the molecule is CCCCn1c(-c2ccc(OCCc3ccc(Cl)cc3)cc2OCCCN(CC)CC)nc2ccc(OCCN3C=CNC3)cc21. The maximum Gasteiger partial charge on any atom is 0.144 e. The van der Waals surface area contributed by atoms with Gasteiger partial charge in [-0.25, -0.2) is 4.98 Å². The van der Waals surface area contributed by atoms with Gasteiger partial charge in [-0.15, -0.1) is 0 Å². The molecule has 1 N–H and O–H groups in total. The molecule has 0 unspecified atom stereocenters. The molecule has 0 aliphatic carbocycles. The highest BCUT2D eigenvalue weighted by Crippen LogP contribution is 2.36. The number of imidazole rings is 1. The molecule has 0 amide bonds. The van der Waals surface area contributed by atoms with Crippen LogP contribution in [0.15, 0.2) is 73.1 Å². The van der Waals surface area contributed by atoms with Crippen molar-refractivity contribution in [2.75, 3.05) is 52.7 Å². The van der Waals surface area contributed by atoms with Crippen LogP contribution in [0.3, 0.4) is 0 Å². The van der Waals surface area contributed by atoms with Crippen molar-refractivity contribution in [3.8, 4) is 28.6 Å². The number of aryl methyl sites for hydroxylation is 1. The van der Waals surface area contributed by atoms with Gasteiger partial charge in [0.25, 0.3) is 0 Å². The molecular weight excluding hydrogens is 598 g/mol. The van der Waals surface area contributed by atoms with Crippen LogP contribution in [-0.4, -0.2) is 72.0 Å².